The molecule has 102 valence electrons. The molecule has 0 aromatic heterocycles. The summed E-state index contributed by atoms with van der Waals surface area (Å²) >= 11 is 0. The van der Waals surface area contributed by atoms with Crippen molar-refractivity contribution in [1.29, 1.82) is 0 Å². The molecule has 1 aliphatic rings. The number of amides is 1. The van der Waals surface area contributed by atoms with Crippen LogP contribution < -0.4 is 10.1 Å². The summed E-state index contributed by atoms with van der Waals surface area (Å²) in [5.41, 5.74) is 1.19. The number of hydrogen-bond donors (Lipinski definition) is 2. The number of rotatable bonds is 2. The number of fused-ring (bicyclic) bond motifs is 1. The van der Waals surface area contributed by atoms with Gasteiger partial charge in [0.2, 0.25) is 0 Å². The number of carbonyl (C=O) groups excluding carboxylic acids is 1. The first-order valence-electron chi connectivity index (χ1n) is 6.17. The average molecular weight is 273 g/mol. The second-order valence-corrected chi connectivity index (χ2v) is 4.61. The molecule has 1 aliphatic heterocycles. The van der Waals surface area contributed by atoms with E-state index in [0.29, 0.717) is 17.0 Å². The van der Waals surface area contributed by atoms with Gasteiger partial charge in [-0.05, 0) is 29.8 Å². The van der Waals surface area contributed by atoms with Crippen LogP contribution in [-0.4, -0.2) is 17.1 Å². The maximum absolute atomic E-state index is 13.1. The highest BCUT2D eigenvalue weighted by molar-refractivity contribution is 5.98. The van der Waals surface area contributed by atoms with Crippen molar-refractivity contribution in [2.75, 3.05) is 5.32 Å². The van der Waals surface area contributed by atoms with Crippen LogP contribution in [0.1, 0.15) is 5.56 Å². The molecule has 2 aromatic carbocycles. The van der Waals surface area contributed by atoms with Crippen LogP contribution in [0.2, 0.25) is 0 Å². The highest BCUT2D eigenvalue weighted by Gasteiger charge is 2.28. The van der Waals surface area contributed by atoms with Crippen molar-refractivity contribution in [3.63, 3.8) is 0 Å². The number of aromatic hydroxyl groups is 1. The van der Waals surface area contributed by atoms with Gasteiger partial charge in [-0.1, -0.05) is 12.1 Å². The van der Waals surface area contributed by atoms with Crippen molar-refractivity contribution < 1.29 is 19.0 Å². The standard InChI is InChI=1S/C15H12FNO3/c16-10-3-1-2-9(6-10)7-14-15(19)17-12-5-4-11(18)8-13(12)20-14/h1-6,8,14,18H,7H2,(H,17,19). The van der Waals surface area contributed by atoms with E-state index in [1.165, 1.54) is 24.3 Å². The average Bonchev–Trinajstić information content (AvgIpc) is 2.40. The molecule has 0 saturated heterocycles. The number of ether oxygens (including phenoxy) is 1. The van der Waals surface area contributed by atoms with Crippen molar-refractivity contribution in [3.8, 4) is 11.5 Å². The molecule has 1 amide bonds. The topological polar surface area (TPSA) is 58.6 Å². The van der Waals surface area contributed by atoms with Crippen LogP contribution in [0.25, 0.3) is 0 Å². The van der Waals surface area contributed by atoms with E-state index in [9.17, 15) is 14.3 Å². The lowest BCUT2D eigenvalue weighted by Crippen LogP contribution is -2.38. The Bertz CT molecular complexity index is 672. The number of nitrogens with one attached hydrogen (secondary N) is 1. The van der Waals surface area contributed by atoms with Crippen LogP contribution in [0.3, 0.4) is 0 Å². The summed E-state index contributed by atoms with van der Waals surface area (Å²) in [4.78, 5) is 11.9. The number of anilines is 1. The Morgan fingerprint density at radius 3 is 2.90 bits per heavy atom. The highest BCUT2D eigenvalue weighted by atomic mass is 19.1. The van der Waals surface area contributed by atoms with Gasteiger partial charge < -0.3 is 15.2 Å². The monoisotopic (exact) mass is 273 g/mol. The van der Waals surface area contributed by atoms with Crippen LogP contribution in [0.15, 0.2) is 42.5 Å². The van der Waals surface area contributed by atoms with Gasteiger partial charge in [0.25, 0.3) is 5.91 Å². The molecule has 0 spiro atoms. The minimum atomic E-state index is -0.744. The van der Waals surface area contributed by atoms with Gasteiger partial charge in [-0.2, -0.15) is 0 Å². The zero-order chi connectivity index (χ0) is 14.1. The largest absolute Gasteiger partial charge is 0.508 e. The van der Waals surface area contributed by atoms with E-state index in [0.717, 1.165) is 0 Å². The summed E-state index contributed by atoms with van der Waals surface area (Å²) in [6.07, 6.45) is -0.482. The third kappa shape index (κ3) is 2.42. The van der Waals surface area contributed by atoms with E-state index in [1.807, 2.05) is 0 Å². The molecular weight excluding hydrogens is 261 g/mol. The van der Waals surface area contributed by atoms with E-state index >= 15 is 0 Å². The van der Waals surface area contributed by atoms with Gasteiger partial charge in [0.15, 0.2) is 6.10 Å². The number of phenolic OH excluding ortho intramolecular Hbond substituents is 1. The summed E-state index contributed by atoms with van der Waals surface area (Å²) in [6, 6.07) is 10.5. The van der Waals surface area contributed by atoms with Crippen molar-refractivity contribution >= 4 is 11.6 Å². The van der Waals surface area contributed by atoms with Gasteiger partial charge in [0.05, 0.1) is 5.69 Å². The van der Waals surface area contributed by atoms with Crippen LogP contribution in [0, 0.1) is 5.82 Å². The quantitative estimate of drug-likeness (QED) is 0.826. The maximum Gasteiger partial charge on any atom is 0.265 e. The Labute approximate surface area is 114 Å². The molecule has 5 heteroatoms. The van der Waals surface area contributed by atoms with Crippen LogP contribution in [0.4, 0.5) is 10.1 Å². The fourth-order valence-electron chi connectivity index (χ4n) is 2.14. The van der Waals surface area contributed by atoms with E-state index in [4.69, 9.17) is 4.74 Å². The lowest BCUT2D eigenvalue weighted by atomic mass is 10.1. The second-order valence-electron chi connectivity index (χ2n) is 4.61. The van der Waals surface area contributed by atoms with Gasteiger partial charge in [-0.15, -0.1) is 0 Å². The minimum absolute atomic E-state index is 0.0596. The van der Waals surface area contributed by atoms with Crippen LogP contribution in [-0.2, 0) is 11.2 Å². The second kappa shape index (κ2) is 4.85. The van der Waals surface area contributed by atoms with Crippen molar-refractivity contribution in [1.82, 2.24) is 0 Å². The smallest absolute Gasteiger partial charge is 0.265 e. The lowest BCUT2D eigenvalue weighted by molar-refractivity contribution is -0.123. The first-order valence-corrected chi connectivity index (χ1v) is 6.17. The number of hydrogen-bond acceptors (Lipinski definition) is 3. The SMILES string of the molecule is O=C1Nc2ccc(O)cc2OC1Cc1cccc(F)c1. The number of carbonyl (C=O) groups is 1. The first-order chi connectivity index (χ1) is 9.61. The summed E-state index contributed by atoms with van der Waals surface area (Å²) in [5, 5.41) is 12.1. The predicted octanol–water partition coefficient (Wildman–Crippen LogP) is 2.47. The molecule has 0 saturated carbocycles. The molecule has 0 bridgehead atoms. The maximum atomic E-state index is 13.1. The molecule has 2 aromatic rings. The highest BCUT2D eigenvalue weighted by Crippen LogP contribution is 2.33. The normalized spacial score (nSPS) is 17.1. The van der Waals surface area contributed by atoms with Gasteiger partial charge in [0.1, 0.15) is 17.3 Å². The Morgan fingerprint density at radius 1 is 1.25 bits per heavy atom. The third-order valence-electron chi connectivity index (χ3n) is 3.09. The zero-order valence-electron chi connectivity index (χ0n) is 10.5. The van der Waals surface area contributed by atoms with Gasteiger partial charge >= 0.3 is 0 Å². The Balaban J connectivity index is 1.83. The summed E-state index contributed by atoms with van der Waals surface area (Å²) in [7, 11) is 0. The van der Waals surface area contributed by atoms with Crippen LogP contribution in [0.5, 0.6) is 11.5 Å². The number of benzene rings is 2. The molecule has 1 heterocycles. The molecule has 0 fully saturated rings. The van der Waals surface area contributed by atoms with Gasteiger partial charge in [-0.25, -0.2) is 4.39 Å². The molecule has 1 atom stereocenters. The summed E-state index contributed by atoms with van der Waals surface area (Å²) in [5.74, 6) is -0.167. The van der Waals surface area contributed by atoms with Crippen molar-refractivity contribution in [3.05, 3.63) is 53.8 Å². The van der Waals surface area contributed by atoms with E-state index < -0.39 is 6.10 Å². The van der Waals surface area contributed by atoms with Gasteiger partial charge in [-0.3, -0.25) is 4.79 Å². The number of halogens is 1. The van der Waals surface area contributed by atoms with Crippen LogP contribution >= 0.6 is 0 Å². The molecule has 0 aliphatic carbocycles. The van der Waals surface area contributed by atoms with E-state index in [1.54, 1.807) is 18.2 Å². The molecule has 3 rings (SSSR count). The van der Waals surface area contributed by atoms with Crippen molar-refractivity contribution in [2.24, 2.45) is 0 Å². The zero-order valence-corrected chi connectivity index (χ0v) is 10.5. The number of phenols is 1. The minimum Gasteiger partial charge on any atom is -0.508 e. The molecule has 4 nitrogen and oxygen atoms in total. The van der Waals surface area contributed by atoms with Gasteiger partial charge in [0, 0.05) is 12.5 Å². The first kappa shape index (κ1) is 12.5. The lowest BCUT2D eigenvalue weighted by Gasteiger charge is -2.26. The summed E-state index contributed by atoms with van der Waals surface area (Å²) in [6.45, 7) is 0. The predicted molar refractivity (Wildman–Crippen MR) is 71.3 cm³/mol. The summed E-state index contributed by atoms with van der Waals surface area (Å²) < 4.78 is 18.7. The van der Waals surface area contributed by atoms with E-state index in [2.05, 4.69) is 5.32 Å². The molecular formula is C15H12FNO3. The van der Waals surface area contributed by atoms with E-state index in [-0.39, 0.29) is 23.9 Å². The fraction of sp³-hybridized carbons (Fsp3) is 0.133. The van der Waals surface area contributed by atoms with Crippen molar-refractivity contribution in [2.45, 2.75) is 12.5 Å². The third-order valence-corrected chi connectivity index (χ3v) is 3.09. The Hall–Kier alpha value is -2.56. The fourth-order valence-corrected chi connectivity index (χ4v) is 2.14. The molecule has 20 heavy (non-hydrogen) atoms. The Morgan fingerprint density at radius 2 is 2.10 bits per heavy atom. The molecule has 2 N–H and O–H groups in total. The molecule has 0 radical (unpaired) electrons. The molecule has 1 unspecified atom stereocenters. The Kier molecular flexibility index (Phi) is 3.02.